The molecule has 5 nitrogen and oxygen atoms in total. The Morgan fingerprint density at radius 3 is 2.61 bits per heavy atom. The van der Waals surface area contributed by atoms with Crippen LogP contribution in [0.3, 0.4) is 0 Å². The summed E-state index contributed by atoms with van der Waals surface area (Å²) >= 11 is 0. The minimum absolute atomic E-state index is 0.190. The summed E-state index contributed by atoms with van der Waals surface area (Å²) in [6.07, 6.45) is 5.55. The van der Waals surface area contributed by atoms with Crippen molar-refractivity contribution < 1.29 is 14.3 Å². The van der Waals surface area contributed by atoms with E-state index < -0.39 is 11.9 Å². The van der Waals surface area contributed by atoms with Gasteiger partial charge in [-0.1, -0.05) is 19.3 Å². The Morgan fingerprint density at radius 1 is 1.22 bits per heavy atom. The normalized spacial score (nSPS) is 27.0. The number of rotatable bonds is 4. The molecular weight excluding hydrogens is 232 g/mol. The van der Waals surface area contributed by atoms with Crippen molar-refractivity contribution in [3.63, 3.8) is 0 Å². The number of carbonyl (C=O) groups is 2. The lowest BCUT2D eigenvalue weighted by Crippen LogP contribution is -2.54. The standard InChI is InChI=1S/C13H22N2O3/c14-13(17)11-9-18-7-6-15(11)8-12(16)10-4-2-1-3-5-10/h10-11H,1-9H2,(H2,14,17). The molecule has 1 atom stereocenters. The molecule has 1 saturated carbocycles. The zero-order valence-electron chi connectivity index (χ0n) is 10.8. The average Bonchev–Trinajstić information content (AvgIpc) is 2.40. The second-order valence-electron chi connectivity index (χ2n) is 5.26. The van der Waals surface area contributed by atoms with Gasteiger partial charge in [0.1, 0.15) is 11.8 Å². The maximum absolute atomic E-state index is 12.2. The summed E-state index contributed by atoms with van der Waals surface area (Å²) in [5, 5.41) is 0. The number of Topliss-reactive ketones (excluding diaryl/α,β-unsaturated/α-hetero) is 1. The predicted octanol–water partition coefficient (Wildman–Crippen LogP) is 0.322. The summed E-state index contributed by atoms with van der Waals surface area (Å²) in [5.41, 5.74) is 5.34. The van der Waals surface area contributed by atoms with E-state index in [-0.39, 0.29) is 11.7 Å². The van der Waals surface area contributed by atoms with E-state index in [1.165, 1.54) is 6.42 Å². The highest BCUT2D eigenvalue weighted by Crippen LogP contribution is 2.25. The number of hydrogen-bond donors (Lipinski definition) is 1. The van der Waals surface area contributed by atoms with Gasteiger partial charge in [0.05, 0.1) is 19.8 Å². The zero-order valence-corrected chi connectivity index (χ0v) is 10.8. The van der Waals surface area contributed by atoms with Crippen molar-refractivity contribution in [3.8, 4) is 0 Å². The Morgan fingerprint density at radius 2 is 1.94 bits per heavy atom. The van der Waals surface area contributed by atoms with Crippen molar-refractivity contribution in [1.29, 1.82) is 0 Å². The van der Waals surface area contributed by atoms with Gasteiger partial charge in [0.25, 0.3) is 0 Å². The minimum atomic E-state index is -0.439. The molecule has 2 aliphatic rings. The summed E-state index contributed by atoms with van der Waals surface area (Å²) < 4.78 is 5.25. The predicted molar refractivity (Wildman–Crippen MR) is 67.0 cm³/mol. The van der Waals surface area contributed by atoms with Crippen LogP contribution in [0.2, 0.25) is 0 Å². The van der Waals surface area contributed by atoms with E-state index in [2.05, 4.69) is 0 Å². The number of hydrogen-bond acceptors (Lipinski definition) is 4. The van der Waals surface area contributed by atoms with E-state index in [1.54, 1.807) is 0 Å². The molecule has 102 valence electrons. The molecule has 1 aliphatic carbocycles. The van der Waals surface area contributed by atoms with Crippen LogP contribution in [0.25, 0.3) is 0 Å². The molecule has 1 aliphatic heterocycles. The molecule has 0 bridgehead atoms. The highest BCUT2D eigenvalue weighted by molar-refractivity contribution is 5.85. The zero-order chi connectivity index (χ0) is 13.0. The summed E-state index contributed by atoms with van der Waals surface area (Å²) in [4.78, 5) is 25.4. The van der Waals surface area contributed by atoms with Crippen molar-refractivity contribution in [2.75, 3.05) is 26.3 Å². The Balaban J connectivity index is 1.89. The molecule has 1 saturated heterocycles. The molecule has 0 spiro atoms. The van der Waals surface area contributed by atoms with Crippen LogP contribution < -0.4 is 5.73 Å². The molecule has 18 heavy (non-hydrogen) atoms. The van der Waals surface area contributed by atoms with E-state index in [4.69, 9.17) is 10.5 Å². The first-order valence-corrected chi connectivity index (χ1v) is 6.82. The van der Waals surface area contributed by atoms with Gasteiger partial charge >= 0.3 is 0 Å². The number of nitrogens with zero attached hydrogens (tertiary/aromatic N) is 1. The van der Waals surface area contributed by atoms with Crippen LogP contribution >= 0.6 is 0 Å². The van der Waals surface area contributed by atoms with E-state index in [1.807, 2.05) is 4.90 Å². The van der Waals surface area contributed by atoms with Crippen molar-refractivity contribution in [1.82, 2.24) is 4.90 Å². The van der Waals surface area contributed by atoms with E-state index in [9.17, 15) is 9.59 Å². The summed E-state index contributed by atoms with van der Waals surface area (Å²) in [5.74, 6) is 0.0594. The van der Waals surface area contributed by atoms with Crippen LogP contribution in [0.4, 0.5) is 0 Å². The van der Waals surface area contributed by atoms with Gasteiger partial charge in [-0.15, -0.1) is 0 Å². The van der Waals surface area contributed by atoms with Crippen LogP contribution in [0.5, 0.6) is 0 Å². The van der Waals surface area contributed by atoms with Crippen molar-refractivity contribution in [2.24, 2.45) is 11.7 Å². The van der Waals surface area contributed by atoms with E-state index in [0.717, 1.165) is 25.7 Å². The number of morpholine rings is 1. The Labute approximate surface area is 108 Å². The van der Waals surface area contributed by atoms with Crippen molar-refractivity contribution in [3.05, 3.63) is 0 Å². The first-order valence-electron chi connectivity index (χ1n) is 6.82. The lowest BCUT2D eigenvalue weighted by atomic mass is 9.86. The number of primary amides is 1. The Hall–Kier alpha value is -0.940. The molecule has 0 aromatic carbocycles. The SMILES string of the molecule is NC(=O)C1COCCN1CC(=O)C1CCCCC1. The van der Waals surface area contributed by atoms with Gasteiger partial charge in [0, 0.05) is 12.5 Å². The molecular formula is C13H22N2O3. The van der Waals surface area contributed by atoms with Gasteiger partial charge in [0.15, 0.2) is 0 Å². The van der Waals surface area contributed by atoms with Gasteiger partial charge in [0.2, 0.25) is 5.91 Å². The third-order valence-corrected chi connectivity index (χ3v) is 3.99. The maximum Gasteiger partial charge on any atom is 0.237 e. The second kappa shape index (κ2) is 6.29. The molecule has 2 N–H and O–H groups in total. The average molecular weight is 254 g/mol. The summed E-state index contributed by atoms with van der Waals surface area (Å²) in [6, 6.07) is -0.439. The fourth-order valence-corrected chi connectivity index (χ4v) is 2.84. The highest BCUT2D eigenvalue weighted by atomic mass is 16.5. The first-order chi connectivity index (χ1) is 8.68. The van der Waals surface area contributed by atoms with Crippen molar-refractivity contribution in [2.45, 2.75) is 38.1 Å². The molecule has 0 radical (unpaired) electrons. The molecule has 1 amide bonds. The molecule has 5 heteroatoms. The van der Waals surface area contributed by atoms with E-state index in [0.29, 0.717) is 26.3 Å². The first kappa shape index (κ1) is 13.5. The Kier molecular flexibility index (Phi) is 4.72. The largest absolute Gasteiger partial charge is 0.378 e. The minimum Gasteiger partial charge on any atom is -0.378 e. The third-order valence-electron chi connectivity index (χ3n) is 3.99. The molecule has 1 unspecified atom stereocenters. The molecule has 2 rings (SSSR count). The fraction of sp³-hybridized carbons (Fsp3) is 0.846. The highest BCUT2D eigenvalue weighted by Gasteiger charge is 2.31. The van der Waals surface area contributed by atoms with Gasteiger partial charge in [-0.25, -0.2) is 0 Å². The van der Waals surface area contributed by atoms with Crippen LogP contribution in [0.1, 0.15) is 32.1 Å². The number of carbonyl (C=O) groups excluding carboxylic acids is 2. The summed E-state index contributed by atoms with van der Waals surface area (Å²) in [6.45, 7) is 1.85. The Bertz CT molecular complexity index is 313. The van der Waals surface area contributed by atoms with E-state index >= 15 is 0 Å². The van der Waals surface area contributed by atoms with Crippen molar-refractivity contribution >= 4 is 11.7 Å². The second-order valence-corrected chi connectivity index (χ2v) is 5.26. The lowest BCUT2D eigenvalue weighted by molar-refractivity contribution is -0.134. The molecule has 0 aromatic rings. The summed E-state index contributed by atoms with van der Waals surface area (Å²) in [7, 11) is 0. The van der Waals surface area contributed by atoms with Gasteiger partial charge in [-0.2, -0.15) is 0 Å². The monoisotopic (exact) mass is 254 g/mol. The quantitative estimate of drug-likeness (QED) is 0.784. The number of nitrogens with two attached hydrogens (primary N) is 1. The lowest BCUT2D eigenvalue weighted by Gasteiger charge is -2.34. The van der Waals surface area contributed by atoms with Gasteiger partial charge < -0.3 is 10.5 Å². The number of ether oxygens (including phenoxy) is 1. The van der Waals surface area contributed by atoms with Gasteiger partial charge in [-0.05, 0) is 12.8 Å². The number of amides is 1. The van der Waals surface area contributed by atoms with Crippen LogP contribution in [0, 0.1) is 5.92 Å². The van der Waals surface area contributed by atoms with Crippen LogP contribution in [-0.2, 0) is 14.3 Å². The third kappa shape index (κ3) is 3.29. The molecule has 2 fully saturated rings. The molecule has 0 aromatic heterocycles. The fourth-order valence-electron chi connectivity index (χ4n) is 2.84. The topological polar surface area (TPSA) is 72.6 Å². The van der Waals surface area contributed by atoms with Gasteiger partial charge in [-0.3, -0.25) is 14.5 Å². The van der Waals surface area contributed by atoms with Crippen LogP contribution in [-0.4, -0.2) is 48.9 Å². The number of ketones is 1. The maximum atomic E-state index is 12.2. The molecule has 1 heterocycles. The smallest absolute Gasteiger partial charge is 0.237 e. The van der Waals surface area contributed by atoms with Crippen LogP contribution in [0.15, 0.2) is 0 Å².